The molecule has 0 bridgehead atoms. The molecule has 1 fully saturated rings. The lowest BCUT2D eigenvalue weighted by molar-refractivity contribution is -0.115. The first-order chi connectivity index (χ1) is 16.0. The lowest BCUT2D eigenvalue weighted by Crippen LogP contribution is -2.19. The van der Waals surface area contributed by atoms with Crippen molar-refractivity contribution in [3.8, 4) is 17.2 Å². The molecule has 1 aliphatic rings. The zero-order valence-electron chi connectivity index (χ0n) is 18.0. The molecule has 4 rings (SSSR count). The zero-order chi connectivity index (χ0) is 23.2. The average molecular weight is 525 g/mol. The summed E-state index contributed by atoms with van der Waals surface area (Å²) in [7, 11) is 3.21. The Labute approximate surface area is 204 Å². The number of hydrogen-bond acceptors (Lipinski definition) is 6. The second kappa shape index (κ2) is 10.6. The third-order valence-electron chi connectivity index (χ3n) is 4.75. The van der Waals surface area contributed by atoms with Crippen molar-refractivity contribution in [3.05, 3.63) is 87.2 Å². The van der Waals surface area contributed by atoms with E-state index in [1.165, 1.54) is 11.8 Å². The van der Waals surface area contributed by atoms with Crippen LogP contribution in [0.1, 0.15) is 11.1 Å². The fourth-order valence-electron chi connectivity index (χ4n) is 3.04. The second-order valence-electron chi connectivity index (χ2n) is 7.01. The van der Waals surface area contributed by atoms with Gasteiger partial charge in [0.25, 0.3) is 5.91 Å². The highest BCUT2D eigenvalue weighted by Gasteiger charge is 2.24. The second-order valence-corrected chi connectivity index (χ2v) is 8.95. The number of carbonyl (C=O) groups is 1. The SMILES string of the molecule is COc1ccc(N=C2NC(=O)/C(=C/c3ccc(OC)c(OCc4ccc(Br)cc4)c3)S2)cc1. The van der Waals surface area contributed by atoms with Crippen LogP contribution in [0.4, 0.5) is 5.69 Å². The summed E-state index contributed by atoms with van der Waals surface area (Å²) in [5, 5.41) is 3.33. The molecular formula is C25H21BrN2O4S. The summed E-state index contributed by atoms with van der Waals surface area (Å²) in [6, 6.07) is 20.8. The number of methoxy groups -OCH3 is 2. The van der Waals surface area contributed by atoms with Crippen LogP contribution >= 0.6 is 27.7 Å². The number of benzene rings is 3. The molecule has 0 spiro atoms. The van der Waals surface area contributed by atoms with E-state index >= 15 is 0 Å². The Morgan fingerprint density at radius 2 is 1.73 bits per heavy atom. The Morgan fingerprint density at radius 3 is 2.42 bits per heavy atom. The van der Waals surface area contributed by atoms with Crippen molar-refractivity contribution in [3.63, 3.8) is 0 Å². The van der Waals surface area contributed by atoms with E-state index in [0.717, 1.165) is 27.0 Å². The van der Waals surface area contributed by atoms with Crippen LogP contribution < -0.4 is 19.5 Å². The van der Waals surface area contributed by atoms with E-state index in [2.05, 4.69) is 26.2 Å². The maximum absolute atomic E-state index is 12.5. The first-order valence-corrected chi connectivity index (χ1v) is 11.6. The van der Waals surface area contributed by atoms with Crippen LogP contribution in [0.25, 0.3) is 6.08 Å². The zero-order valence-corrected chi connectivity index (χ0v) is 20.4. The molecule has 1 aliphatic heterocycles. The fourth-order valence-corrected chi connectivity index (χ4v) is 4.15. The summed E-state index contributed by atoms with van der Waals surface area (Å²) < 4.78 is 17.6. The Balaban J connectivity index is 1.50. The summed E-state index contributed by atoms with van der Waals surface area (Å²) in [5.41, 5.74) is 2.59. The van der Waals surface area contributed by atoms with Crippen molar-refractivity contribution in [2.75, 3.05) is 14.2 Å². The molecule has 3 aromatic rings. The predicted molar refractivity (Wildman–Crippen MR) is 135 cm³/mol. The van der Waals surface area contributed by atoms with Gasteiger partial charge in [-0.15, -0.1) is 0 Å². The number of nitrogens with zero attached hydrogens (tertiary/aromatic N) is 1. The Bertz CT molecular complexity index is 1210. The lowest BCUT2D eigenvalue weighted by atomic mass is 10.2. The van der Waals surface area contributed by atoms with Gasteiger partial charge in [0.15, 0.2) is 16.7 Å². The van der Waals surface area contributed by atoms with Gasteiger partial charge in [0.2, 0.25) is 0 Å². The molecule has 6 nitrogen and oxygen atoms in total. The van der Waals surface area contributed by atoms with Gasteiger partial charge in [-0.25, -0.2) is 4.99 Å². The number of ether oxygens (including phenoxy) is 3. The number of thioether (sulfide) groups is 1. The van der Waals surface area contributed by atoms with Crippen LogP contribution in [-0.4, -0.2) is 25.3 Å². The van der Waals surface area contributed by atoms with Gasteiger partial charge in [-0.2, -0.15) is 0 Å². The van der Waals surface area contributed by atoms with Gasteiger partial charge in [-0.1, -0.05) is 34.1 Å². The molecular weight excluding hydrogens is 504 g/mol. The smallest absolute Gasteiger partial charge is 0.264 e. The Morgan fingerprint density at radius 1 is 0.970 bits per heavy atom. The van der Waals surface area contributed by atoms with Crippen LogP contribution in [0.5, 0.6) is 17.2 Å². The first kappa shape index (κ1) is 22.9. The highest BCUT2D eigenvalue weighted by molar-refractivity contribution is 9.10. The number of hydrogen-bond donors (Lipinski definition) is 1. The highest BCUT2D eigenvalue weighted by Crippen LogP contribution is 2.33. The fraction of sp³-hybridized carbons (Fsp3) is 0.120. The van der Waals surface area contributed by atoms with Gasteiger partial charge in [0.05, 0.1) is 24.8 Å². The van der Waals surface area contributed by atoms with E-state index in [-0.39, 0.29) is 5.91 Å². The van der Waals surface area contributed by atoms with Crippen molar-refractivity contribution in [1.82, 2.24) is 5.32 Å². The number of aliphatic imine (C=N–C) groups is 1. The molecule has 0 atom stereocenters. The van der Waals surface area contributed by atoms with Gasteiger partial charge >= 0.3 is 0 Å². The normalized spacial score (nSPS) is 15.5. The molecule has 1 saturated heterocycles. The Kier molecular flexibility index (Phi) is 7.36. The molecule has 3 aromatic carbocycles. The van der Waals surface area contributed by atoms with E-state index in [1.54, 1.807) is 14.2 Å². The first-order valence-electron chi connectivity index (χ1n) is 10.0. The molecule has 0 radical (unpaired) electrons. The minimum Gasteiger partial charge on any atom is -0.497 e. The third kappa shape index (κ3) is 5.97. The van der Waals surface area contributed by atoms with Gasteiger partial charge in [0, 0.05) is 4.47 Å². The summed E-state index contributed by atoms with van der Waals surface area (Å²) in [4.78, 5) is 17.5. The highest BCUT2D eigenvalue weighted by atomic mass is 79.9. The van der Waals surface area contributed by atoms with Crippen LogP contribution in [0.2, 0.25) is 0 Å². The van der Waals surface area contributed by atoms with Gasteiger partial charge < -0.3 is 19.5 Å². The van der Waals surface area contributed by atoms with Crippen LogP contribution in [0.15, 0.2) is 81.1 Å². The number of nitrogens with one attached hydrogen (secondary N) is 1. The van der Waals surface area contributed by atoms with Gasteiger partial charge in [-0.3, -0.25) is 4.79 Å². The number of amidine groups is 1. The maximum atomic E-state index is 12.5. The van der Waals surface area contributed by atoms with E-state index < -0.39 is 0 Å². The number of rotatable bonds is 7. The summed E-state index contributed by atoms with van der Waals surface area (Å²) in [6.07, 6.45) is 1.81. The third-order valence-corrected chi connectivity index (χ3v) is 6.19. The van der Waals surface area contributed by atoms with Crippen LogP contribution in [0.3, 0.4) is 0 Å². The molecule has 1 amide bonds. The number of halogens is 1. The summed E-state index contributed by atoms with van der Waals surface area (Å²) >= 11 is 4.72. The molecule has 168 valence electrons. The summed E-state index contributed by atoms with van der Waals surface area (Å²) in [6.45, 7) is 0.400. The van der Waals surface area contributed by atoms with Crippen molar-refractivity contribution in [1.29, 1.82) is 0 Å². The number of carbonyl (C=O) groups excluding carboxylic acids is 1. The maximum Gasteiger partial charge on any atom is 0.264 e. The standard InChI is InChI=1S/C25H21BrN2O4S/c1-30-20-10-8-19(9-11-20)27-25-28-24(29)23(33-25)14-17-5-12-21(31-2)22(13-17)32-15-16-3-6-18(26)7-4-16/h3-14H,15H2,1-2H3,(H,27,28,29)/b23-14-. The molecule has 0 unspecified atom stereocenters. The minimum atomic E-state index is -0.194. The molecule has 0 aliphatic carbocycles. The summed E-state index contributed by atoms with van der Waals surface area (Å²) in [5.74, 6) is 1.78. The van der Waals surface area contributed by atoms with E-state index in [0.29, 0.717) is 28.2 Å². The lowest BCUT2D eigenvalue weighted by Gasteiger charge is -2.12. The molecule has 1 N–H and O–H groups in total. The molecule has 8 heteroatoms. The van der Waals surface area contributed by atoms with Crippen LogP contribution in [-0.2, 0) is 11.4 Å². The predicted octanol–water partition coefficient (Wildman–Crippen LogP) is 5.94. The van der Waals surface area contributed by atoms with Gasteiger partial charge in [-0.05, 0) is 77.5 Å². The topological polar surface area (TPSA) is 69.2 Å². The van der Waals surface area contributed by atoms with Crippen molar-refractivity contribution in [2.45, 2.75) is 6.61 Å². The van der Waals surface area contributed by atoms with E-state index in [1.807, 2.05) is 72.8 Å². The van der Waals surface area contributed by atoms with Crippen molar-refractivity contribution >= 4 is 50.5 Å². The molecule has 0 saturated carbocycles. The average Bonchev–Trinajstić information content (AvgIpc) is 3.17. The number of amides is 1. The van der Waals surface area contributed by atoms with Crippen LogP contribution in [0, 0.1) is 0 Å². The van der Waals surface area contributed by atoms with E-state index in [9.17, 15) is 4.79 Å². The minimum absolute atomic E-state index is 0.194. The van der Waals surface area contributed by atoms with Gasteiger partial charge in [0.1, 0.15) is 12.4 Å². The molecule has 33 heavy (non-hydrogen) atoms. The quantitative estimate of drug-likeness (QED) is 0.387. The van der Waals surface area contributed by atoms with Crippen molar-refractivity contribution < 1.29 is 19.0 Å². The van der Waals surface area contributed by atoms with E-state index in [4.69, 9.17) is 14.2 Å². The monoisotopic (exact) mass is 524 g/mol. The molecule has 0 aromatic heterocycles. The Hall–Kier alpha value is -3.23. The van der Waals surface area contributed by atoms with Crippen molar-refractivity contribution in [2.24, 2.45) is 4.99 Å². The molecule has 1 heterocycles. The largest absolute Gasteiger partial charge is 0.497 e.